The van der Waals surface area contributed by atoms with Gasteiger partial charge < -0.3 is 9.47 Å². The van der Waals surface area contributed by atoms with Crippen molar-refractivity contribution >= 4 is 22.4 Å². The molecule has 1 aliphatic rings. The molecule has 1 aromatic heterocycles. The number of nitrogens with zero attached hydrogens (tertiary/aromatic N) is 1. The Balaban J connectivity index is 1.48. The summed E-state index contributed by atoms with van der Waals surface area (Å²) in [4.78, 5) is 17.6. The predicted molar refractivity (Wildman–Crippen MR) is 91.8 cm³/mol. The summed E-state index contributed by atoms with van der Waals surface area (Å²) in [7, 11) is 0. The monoisotopic (exact) mass is 356 g/mol. The molecule has 0 fully saturated rings. The Morgan fingerprint density at radius 3 is 3.00 bits per heavy atom. The van der Waals surface area contributed by atoms with E-state index >= 15 is 0 Å². The number of carbonyl (C=O) groups is 1. The first kappa shape index (κ1) is 15.6. The molecule has 0 bridgehead atoms. The van der Waals surface area contributed by atoms with Gasteiger partial charge in [0.15, 0.2) is 16.6 Å². The summed E-state index contributed by atoms with van der Waals surface area (Å²) in [6.07, 6.45) is 2.24. The number of aromatic nitrogens is 1. The highest BCUT2D eigenvalue weighted by Crippen LogP contribution is 2.35. The molecule has 0 unspecified atom stereocenters. The van der Waals surface area contributed by atoms with Gasteiger partial charge in [-0.25, -0.2) is 9.37 Å². The Kier molecular flexibility index (Phi) is 4.07. The van der Waals surface area contributed by atoms with Crippen molar-refractivity contribution < 1.29 is 18.7 Å². The number of hydrogen-bond donors (Lipinski definition) is 1. The average Bonchev–Trinajstić information content (AvgIpc) is 3.23. The third kappa shape index (κ3) is 3.32. The second kappa shape index (κ2) is 6.52. The maximum absolute atomic E-state index is 13.3. The largest absolute Gasteiger partial charge is 0.454 e. The van der Waals surface area contributed by atoms with Gasteiger partial charge in [-0.15, -0.1) is 11.3 Å². The number of rotatable bonds is 4. The van der Waals surface area contributed by atoms with Gasteiger partial charge in [0.05, 0.1) is 5.56 Å². The van der Waals surface area contributed by atoms with Gasteiger partial charge >= 0.3 is 0 Å². The zero-order valence-electron chi connectivity index (χ0n) is 13.0. The number of benzene rings is 2. The molecule has 1 amide bonds. The fourth-order valence-corrected chi connectivity index (χ4v) is 3.41. The van der Waals surface area contributed by atoms with E-state index in [1.54, 1.807) is 30.5 Å². The molecule has 0 atom stereocenters. The number of ether oxygens (including phenoxy) is 2. The first-order valence-electron chi connectivity index (χ1n) is 7.58. The van der Waals surface area contributed by atoms with Crippen molar-refractivity contribution in [3.63, 3.8) is 0 Å². The molecule has 3 aromatic rings. The van der Waals surface area contributed by atoms with Crippen LogP contribution in [0.3, 0.4) is 0 Å². The zero-order valence-corrected chi connectivity index (χ0v) is 13.8. The van der Waals surface area contributed by atoms with Crippen LogP contribution in [0.15, 0.2) is 48.7 Å². The molecule has 7 heteroatoms. The number of amides is 1. The SMILES string of the molecule is O=C(Nc1ncc(Cc2cccc(F)c2)s1)c1cccc2c1OCO2. The van der Waals surface area contributed by atoms with Crippen LogP contribution in [0.25, 0.3) is 0 Å². The fraction of sp³-hybridized carbons (Fsp3) is 0.111. The molecule has 0 aliphatic carbocycles. The first-order chi connectivity index (χ1) is 12.2. The van der Waals surface area contributed by atoms with Crippen LogP contribution in [-0.4, -0.2) is 17.7 Å². The standard InChI is InChI=1S/C18H13FN2O3S/c19-12-4-1-3-11(7-12)8-13-9-20-18(25-13)21-17(22)14-5-2-6-15-16(14)24-10-23-15/h1-7,9H,8,10H2,(H,20,21,22). The third-order valence-corrected chi connectivity index (χ3v) is 4.60. The smallest absolute Gasteiger partial charge is 0.261 e. The van der Waals surface area contributed by atoms with Gasteiger partial charge in [0, 0.05) is 17.5 Å². The number of nitrogens with one attached hydrogen (secondary N) is 1. The average molecular weight is 356 g/mol. The Labute approximate surface area is 147 Å². The molecule has 1 aliphatic heterocycles. The molecule has 5 nitrogen and oxygen atoms in total. The van der Waals surface area contributed by atoms with Crippen LogP contribution < -0.4 is 14.8 Å². The van der Waals surface area contributed by atoms with Crippen LogP contribution in [0.2, 0.25) is 0 Å². The fourth-order valence-electron chi connectivity index (χ4n) is 2.57. The summed E-state index contributed by atoms with van der Waals surface area (Å²) < 4.78 is 23.9. The third-order valence-electron chi connectivity index (χ3n) is 3.68. The van der Waals surface area contributed by atoms with Crippen molar-refractivity contribution in [1.29, 1.82) is 0 Å². The number of thiazole rings is 1. The summed E-state index contributed by atoms with van der Waals surface area (Å²) in [5.74, 6) is 0.417. The van der Waals surface area contributed by atoms with Gasteiger partial charge in [-0.1, -0.05) is 18.2 Å². The minimum absolute atomic E-state index is 0.106. The van der Waals surface area contributed by atoms with Crippen LogP contribution in [0.1, 0.15) is 20.8 Å². The van der Waals surface area contributed by atoms with E-state index in [1.807, 2.05) is 6.07 Å². The van der Waals surface area contributed by atoms with Crippen molar-refractivity contribution in [3.05, 3.63) is 70.5 Å². The molecule has 25 heavy (non-hydrogen) atoms. The second-order valence-corrected chi connectivity index (χ2v) is 6.55. The number of fused-ring (bicyclic) bond motifs is 1. The van der Waals surface area contributed by atoms with E-state index in [4.69, 9.17) is 9.47 Å². The van der Waals surface area contributed by atoms with Gasteiger partial charge in [-0.2, -0.15) is 0 Å². The number of halogens is 1. The van der Waals surface area contributed by atoms with Gasteiger partial charge in [0.25, 0.3) is 5.91 Å². The highest BCUT2D eigenvalue weighted by Gasteiger charge is 2.22. The number of para-hydroxylation sites is 1. The Morgan fingerprint density at radius 2 is 2.12 bits per heavy atom. The van der Waals surface area contributed by atoms with Gasteiger partial charge in [-0.3, -0.25) is 10.1 Å². The predicted octanol–water partition coefficient (Wildman–Crippen LogP) is 3.85. The van der Waals surface area contributed by atoms with Gasteiger partial charge in [0.1, 0.15) is 5.82 Å². The van der Waals surface area contributed by atoms with E-state index in [1.165, 1.54) is 23.5 Å². The Bertz CT molecular complexity index is 942. The molecular formula is C18H13FN2O3S. The summed E-state index contributed by atoms with van der Waals surface area (Å²) >= 11 is 1.35. The van der Waals surface area contributed by atoms with E-state index in [0.717, 1.165) is 10.4 Å². The topological polar surface area (TPSA) is 60.5 Å². The lowest BCUT2D eigenvalue weighted by molar-refractivity contribution is 0.102. The quantitative estimate of drug-likeness (QED) is 0.771. The molecule has 2 heterocycles. The van der Waals surface area contributed by atoms with E-state index in [-0.39, 0.29) is 18.5 Å². The van der Waals surface area contributed by atoms with E-state index in [9.17, 15) is 9.18 Å². The maximum Gasteiger partial charge on any atom is 0.261 e. The van der Waals surface area contributed by atoms with E-state index in [2.05, 4.69) is 10.3 Å². The van der Waals surface area contributed by atoms with E-state index < -0.39 is 0 Å². The second-order valence-electron chi connectivity index (χ2n) is 5.43. The molecule has 4 rings (SSSR count). The van der Waals surface area contributed by atoms with Crippen LogP contribution in [0.5, 0.6) is 11.5 Å². The van der Waals surface area contributed by atoms with Crippen LogP contribution in [0, 0.1) is 5.82 Å². The zero-order chi connectivity index (χ0) is 17.2. The minimum atomic E-state index is -0.311. The van der Waals surface area contributed by atoms with Gasteiger partial charge in [-0.05, 0) is 29.8 Å². The molecular weight excluding hydrogens is 343 g/mol. The molecule has 2 aromatic carbocycles. The Hall–Kier alpha value is -2.93. The molecule has 0 saturated heterocycles. The van der Waals surface area contributed by atoms with E-state index in [0.29, 0.717) is 28.6 Å². The van der Waals surface area contributed by atoms with Crippen molar-refractivity contribution in [1.82, 2.24) is 4.98 Å². The molecule has 0 spiro atoms. The lowest BCUT2D eigenvalue weighted by atomic mass is 10.1. The first-order valence-corrected chi connectivity index (χ1v) is 8.40. The number of hydrogen-bond acceptors (Lipinski definition) is 5. The lowest BCUT2D eigenvalue weighted by Crippen LogP contribution is -2.12. The van der Waals surface area contributed by atoms with Crippen LogP contribution in [0.4, 0.5) is 9.52 Å². The molecule has 126 valence electrons. The van der Waals surface area contributed by atoms with Crippen LogP contribution in [-0.2, 0) is 6.42 Å². The highest BCUT2D eigenvalue weighted by atomic mass is 32.1. The lowest BCUT2D eigenvalue weighted by Gasteiger charge is -2.05. The minimum Gasteiger partial charge on any atom is -0.454 e. The summed E-state index contributed by atoms with van der Waals surface area (Å²) in [5.41, 5.74) is 1.25. The van der Waals surface area contributed by atoms with Crippen molar-refractivity contribution in [2.45, 2.75) is 6.42 Å². The normalized spacial score (nSPS) is 12.2. The van der Waals surface area contributed by atoms with Crippen molar-refractivity contribution in [3.8, 4) is 11.5 Å². The summed E-state index contributed by atoms with van der Waals surface area (Å²) in [6.45, 7) is 0.106. The van der Waals surface area contributed by atoms with Crippen molar-refractivity contribution in [2.24, 2.45) is 0 Å². The van der Waals surface area contributed by atoms with Crippen molar-refractivity contribution in [2.75, 3.05) is 12.1 Å². The van der Waals surface area contributed by atoms with Gasteiger partial charge in [0.2, 0.25) is 6.79 Å². The summed E-state index contributed by atoms with van der Waals surface area (Å²) in [5, 5.41) is 3.24. The molecule has 0 saturated carbocycles. The molecule has 0 radical (unpaired) electrons. The summed E-state index contributed by atoms with van der Waals surface area (Å²) in [6, 6.07) is 11.6. The molecule has 1 N–H and O–H groups in total. The Morgan fingerprint density at radius 1 is 1.24 bits per heavy atom. The number of anilines is 1. The maximum atomic E-state index is 13.3. The highest BCUT2D eigenvalue weighted by molar-refractivity contribution is 7.15. The number of carbonyl (C=O) groups excluding carboxylic acids is 1. The van der Waals surface area contributed by atoms with Crippen LogP contribution >= 0.6 is 11.3 Å².